The van der Waals surface area contributed by atoms with Gasteiger partial charge in [0.15, 0.2) is 0 Å². The van der Waals surface area contributed by atoms with Gasteiger partial charge in [0.25, 0.3) is 0 Å². The van der Waals surface area contributed by atoms with Crippen molar-refractivity contribution in [3.8, 4) is 0 Å². The standard InChI is InChI=1S/C20H27FN4O/c21-16-8-23-17(9-22-16)24-11-20(10-19(20)5-2-6-19)12-25-18(26)14-4-1-3-13-7-15(13)14/h8-9,13-15H,1-7,10-12H2,(H,23,24)(H,25,26). The number of halogens is 1. The van der Waals surface area contributed by atoms with Gasteiger partial charge < -0.3 is 10.6 Å². The molecule has 0 aromatic carbocycles. The lowest BCUT2D eigenvalue weighted by Gasteiger charge is -2.34. The molecule has 1 heterocycles. The van der Waals surface area contributed by atoms with Gasteiger partial charge in [0, 0.05) is 24.4 Å². The van der Waals surface area contributed by atoms with Crippen LogP contribution in [0.4, 0.5) is 10.2 Å². The number of carbonyl (C=O) groups is 1. The van der Waals surface area contributed by atoms with E-state index in [2.05, 4.69) is 20.6 Å². The van der Waals surface area contributed by atoms with Crippen LogP contribution in [0.25, 0.3) is 0 Å². The summed E-state index contributed by atoms with van der Waals surface area (Å²) < 4.78 is 12.9. The van der Waals surface area contributed by atoms with E-state index in [1.807, 2.05) is 0 Å². The van der Waals surface area contributed by atoms with Gasteiger partial charge >= 0.3 is 0 Å². The van der Waals surface area contributed by atoms with Gasteiger partial charge in [-0.1, -0.05) is 19.3 Å². The fraction of sp³-hybridized carbons (Fsp3) is 0.750. The normalized spacial score (nSPS) is 36.0. The minimum absolute atomic E-state index is 0.120. The van der Waals surface area contributed by atoms with Crippen molar-refractivity contribution >= 4 is 11.7 Å². The maximum atomic E-state index is 12.9. The van der Waals surface area contributed by atoms with E-state index in [1.54, 1.807) is 0 Å². The third-order valence-corrected chi connectivity index (χ3v) is 7.74. The maximum absolute atomic E-state index is 12.9. The number of hydrogen-bond donors (Lipinski definition) is 2. The molecule has 2 N–H and O–H groups in total. The molecule has 1 aromatic heterocycles. The Labute approximate surface area is 153 Å². The van der Waals surface area contributed by atoms with Crippen LogP contribution in [0.2, 0.25) is 0 Å². The molecule has 5 rings (SSSR count). The first kappa shape index (κ1) is 16.5. The molecular formula is C20H27FN4O. The molecule has 1 spiro atoms. The Balaban J connectivity index is 1.21. The second-order valence-electron chi connectivity index (χ2n) is 9.08. The summed E-state index contributed by atoms with van der Waals surface area (Å²) >= 11 is 0. The monoisotopic (exact) mass is 358 g/mol. The van der Waals surface area contributed by atoms with E-state index >= 15 is 0 Å². The van der Waals surface area contributed by atoms with Gasteiger partial charge in [0.2, 0.25) is 11.9 Å². The van der Waals surface area contributed by atoms with Gasteiger partial charge in [0.1, 0.15) is 5.82 Å². The van der Waals surface area contributed by atoms with Crippen LogP contribution < -0.4 is 10.6 Å². The van der Waals surface area contributed by atoms with Crippen LogP contribution in [-0.4, -0.2) is 29.0 Å². The van der Waals surface area contributed by atoms with Gasteiger partial charge in [-0.25, -0.2) is 9.97 Å². The molecular weight excluding hydrogens is 331 g/mol. The van der Waals surface area contributed by atoms with Gasteiger partial charge in [-0.3, -0.25) is 4.79 Å². The summed E-state index contributed by atoms with van der Waals surface area (Å²) in [6.07, 6.45) is 12.4. The summed E-state index contributed by atoms with van der Waals surface area (Å²) in [5, 5.41) is 6.63. The summed E-state index contributed by atoms with van der Waals surface area (Å²) in [6.45, 7) is 1.52. The smallest absolute Gasteiger partial charge is 0.231 e. The zero-order valence-corrected chi connectivity index (χ0v) is 15.1. The van der Waals surface area contributed by atoms with E-state index in [0.717, 1.165) is 31.6 Å². The molecule has 0 saturated heterocycles. The Morgan fingerprint density at radius 3 is 2.77 bits per heavy atom. The minimum atomic E-state index is -0.565. The highest BCUT2D eigenvalue weighted by molar-refractivity contribution is 5.79. The molecule has 4 saturated carbocycles. The quantitative estimate of drug-likeness (QED) is 0.820. The Morgan fingerprint density at radius 2 is 2.08 bits per heavy atom. The third-order valence-electron chi connectivity index (χ3n) is 7.74. The van der Waals surface area contributed by atoms with Crippen molar-refractivity contribution in [2.45, 2.75) is 51.4 Å². The number of amides is 1. The van der Waals surface area contributed by atoms with Crippen molar-refractivity contribution in [3.05, 3.63) is 18.3 Å². The molecule has 1 amide bonds. The molecule has 4 fully saturated rings. The number of nitrogens with zero attached hydrogens (tertiary/aromatic N) is 2. The SMILES string of the molecule is O=C(NCC1(CNc2cnc(F)cn2)CC12CCC2)C1CCCC2CC21. The highest BCUT2D eigenvalue weighted by Gasteiger charge is 2.69. The first-order valence-electron chi connectivity index (χ1n) is 10.1. The van der Waals surface area contributed by atoms with Crippen molar-refractivity contribution in [3.63, 3.8) is 0 Å². The molecule has 4 unspecified atom stereocenters. The van der Waals surface area contributed by atoms with Gasteiger partial charge in [-0.05, 0) is 49.4 Å². The minimum Gasteiger partial charge on any atom is -0.368 e. The van der Waals surface area contributed by atoms with Crippen molar-refractivity contribution < 1.29 is 9.18 Å². The van der Waals surface area contributed by atoms with Gasteiger partial charge in [-0.2, -0.15) is 4.39 Å². The summed E-state index contributed by atoms with van der Waals surface area (Å²) in [4.78, 5) is 20.4. The topological polar surface area (TPSA) is 66.9 Å². The third kappa shape index (κ3) is 2.69. The molecule has 1 aromatic rings. The molecule has 0 radical (unpaired) electrons. The summed E-state index contributed by atoms with van der Waals surface area (Å²) in [5.41, 5.74) is 0.518. The van der Waals surface area contributed by atoms with Crippen molar-refractivity contribution in [2.24, 2.45) is 28.6 Å². The molecule has 0 aliphatic heterocycles. The van der Waals surface area contributed by atoms with Crippen LogP contribution in [-0.2, 0) is 4.79 Å². The Bertz CT molecular complexity index is 704. The molecule has 140 valence electrons. The Kier molecular flexibility index (Phi) is 3.73. The first-order chi connectivity index (χ1) is 12.6. The fourth-order valence-electron chi connectivity index (χ4n) is 5.76. The van der Waals surface area contributed by atoms with Crippen LogP contribution in [0.3, 0.4) is 0 Å². The van der Waals surface area contributed by atoms with Crippen LogP contribution in [0, 0.1) is 34.5 Å². The van der Waals surface area contributed by atoms with E-state index in [-0.39, 0.29) is 17.2 Å². The average Bonchev–Trinajstić information content (AvgIpc) is 3.51. The van der Waals surface area contributed by atoms with E-state index in [1.165, 1.54) is 51.1 Å². The number of hydrogen-bond acceptors (Lipinski definition) is 4. The number of aromatic nitrogens is 2. The average molecular weight is 358 g/mol. The van der Waals surface area contributed by atoms with E-state index in [9.17, 15) is 9.18 Å². The molecule has 4 aliphatic carbocycles. The number of fused-ring (bicyclic) bond motifs is 1. The molecule has 26 heavy (non-hydrogen) atoms. The first-order valence-corrected chi connectivity index (χ1v) is 10.1. The zero-order valence-electron chi connectivity index (χ0n) is 15.1. The number of rotatable bonds is 6. The van der Waals surface area contributed by atoms with Crippen LogP contribution >= 0.6 is 0 Å². The summed E-state index contributed by atoms with van der Waals surface area (Å²) in [5.74, 6) is 2.05. The molecule has 5 nitrogen and oxygen atoms in total. The Hall–Kier alpha value is -1.72. The van der Waals surface area contributed by atoms with E-state index in [4.69, 9.17) is 0 Å². The van der Waals surface area contributed by atoms with E-state index < -0.39 is 5.95 Å². The molecule has 4 atom stereocenters. The zero-order chi connectivity index (χ0) is 17.8. The van der Waals surface area contributed by atoms with E-state index in [0.29, 0.717) is 17.2 Å². The second kappa shape index (κ2) is 5.89. The van der Waals surface area contributed by atoms with Crippen LogP contribution in [0.1, 0.15) is 51.4 Å². The number of anilines is 1. The molecule has 0 bridgehead atoms. The van der Waals surface area contributed by atoms with Gasteiger partial charge in [-0.15, -0.1) is 0 Å². The van der Waals surface area contributed by atoms with Crippen molar-refractivity contribution in [2.75, 3.05) is 18.4 Å². The van der Waals surface area contributed by atoms with Crippen molar-refractivity contribution in [1.29, 1.82) is 0 Å². The molecule has 4 aliphatic rings. The lowest BCUT2D eigenvalue weighted by atomic mass is 9.75. The fourth-order valence-corrected chi connectivity index (χ4v) is 5.76. The van der Waals surface area contributed by atoms with Crippen LogP contribution in [0.15, 0.2) is 12.4 Å². The summed E-state index contributed by atoms with van der Waals surface area (Å²) in [7, 11) is 0. The highest BCUT2D eigenvalue weighted by atomic mass is 19.1. The van der Waals surface area contributed by atoms with Crippen molar-refractivity contribution in [1.82, 2.24) is 15.3 Å². The predicted molar refractivity (Wildman–Crippen MR) is 95.8 cm³/mol. The largest absolute Gasteiger partial charge is 0.368 e. The second-order valence-corrected chi connectivity index (χ2v) is 9.08. The molecule has 6 heteroatoms. The van der Waals surface area contributed by atoms with Crippen LogP contribution in [0.5, 0.6) is 0 Å². The lowest BCUT2D eigenvalue weighted by Crippen LogP contribution is -2.42. The number of nitrogens with one attached hydrogen (secondary N) is 2. The maximum Gasteiger partial charge on any atom is 0.231 e. The summed E-state index contributed by atoms with van der Waals surface area (Å²) in [6, 6.07) is 0. The highest BCUT2D eigenvalue weighted by Crippen LogP contribution is 2.73. The Morgan fingerprint density at radius 1 is 1.19 bits per heavy atom. The number of carbonyl (C=O) groups excluding carboxylic acids is 1. The van der Waals surface area contributed by atoms with Gasteiger partial charge in [0.05, 0.1) is 12.4 Å². The lowest BCUT2D eigenvalue weighted by molar-refractivity contribution is -0.126. The predicted octanol–water partition coefficient (Wildman–Crippen LogP) is 3.14.